The van der Waals surface area contributed by atoms with Crippen LogP contribution in [-0.4, -0.2) is 68.8 Å². The number of hydrogen-bond donors (Lipinski definition) is 0. The van der Waals surface area contributed by atoms with E-state index in [0.717, 1.165) is 45.6 Å². The quantitative estimate of drug-likeness (QED) is 0.167. The lowest BCUT2D eigenvalue weighted by Gasteiger charge is -2.23. The second kappa shape index (κ2) is 11.7. The normalized spacial score (nSPS) is 15.3. The second-order valence-corrected chi connectivity index (χ2v) is 13.4. The maximum atomic E-state index is 13.7. The molecule has 45 heavy (non-hydrogen) atoms. The minimum absolute atomic E-state index is 0.0270. The lowest BCUT2D eigenvalue weighted by molar-refractivity contribution is 0.0163. The van der Waals surface area contributed by atoms with Crippen molar-refractivity contribution in [3.05, 3.63) is 64.2 Å². The van der Waals surface area contributed by atoms with E-state index in [1.165, 1.54) is 27.2 Å². The summed E-state index contributed by atoms with van der Waals surface area (Å²) < 4.78 is 46.7. The van der Waals surface area contributed by atoms with Crippen LogP contribution in [0, 0.1) is 0 Å². The number of alkyl halides is 2. The first-order valence-corrected chi connectivity index (χ1v) is 16.4. The minimum Gasteiger partial charge on any atom is -0.497 e. The van der Waals surface area contributed by atoms with Crippen LogP contribution in [0.3, 0.4) is 0 Å². The molecule has 0 bridgehead atoms. The molecule has 1 fully saturated rings. The van der Waals surface area contributed by atoms with Gasteiger partial charge in [0.25, 0.3) is 11.8 Å². The van der Waals surface area contributed by atoms with Gasteiger partial charge in [-0.2, -0.15) is 13.9 Å². The van der Waals surface area contributed by atoms with Crippen molar-refractivity contribution in [2.75, 3.05) is 27.4 Å². The Morgan fingerprint density at radius 3 is 2.69 bits per heavy atom. The lowest BCUT2D eigenvalue weighted by atomic mass is 10.1. The molecule has 0 aliphatic carbocycles. The van der Waals surface area contributed by atoms with Gasteiger partial charge in [0.15, 0.2) is 5.01 Å². The molecular formula is C30H26F2N6O4S3. The predicted molar refractivity (Wildman–Crippen MR) is 169 cm³/mol. The first-order valence-electron chi connectivity index (χ1n) is 13.9. The van der Waals surface area contributed by atoms with Gasteiger partial charge in [-0.25, -0.2) is 19.5 Å². The molecule has 1 saturated heterocycles. The van der Waals surface area contributed by atoms with Crippen LogP contribution in [0.2, 0.25) is 0 Å². The Hall–Kier alpha value is -4.05. The van der Waals surface area contributed by atoms with Crippen molar-refractivity contribution in [3.8, 4) is 32.8 Å². The number of ether oxygens (including phenoxy) is 3. The third-order valence-electron chi connectivity index (χ3n) is 7.38. The third kappa shape index (κ3) is 5.88. The summed E-state index contributed by atoms with van der Waals surface area (Å²) in [5.74, 6) is -1.90. The third-order valence-corrected chi connectivity index (χ3v) is 10.5. The van der Waals surface area contributed by atoms with E-state index in [0.29, 0.717) is 51.5 Å². The number of benzene rings is 2. The zero-order chi connectivity index (χ0) is 31.3. The molecule has 0 saturated carbocycles. The highest BCUT2D eigenvalue weighted by Gasteiger charge is 2.30. The van der Waals surface area contributed by atoms with E-state index in [4.69, 9.17) is 24.2 Å². The fourth-order valence-corrected chi connectivity index (χ4v) is 7.49. The topological polar surface area (TPSA) is 104 Å². The molecule has 10 nitrogen and oxygen atoms in total. The molecule has 2 aromatic carbocycles. The number of amides is 1. The molecule has 1 aliphatic heterocycles. The average Bonchev–Trinajstić information content (AvgIpc) is 3.86. The lowest BCUT2D eigenvalue weighted by Crippen LogP contribution is -2.37. The van der Waals surface area contributed by atoms with E-state index < -0.39 is 5.92 Å². The SMILES string of the molecule is COc1cc(OCc2csc(-c3ccc(C(=O)N(C)C4CCOC4)cc3)n2)c2sc(-c3cn4nc(C(C)(F)F)sc4n3)nc2c1. The van der Waals surface area contributed by atoms with E-state index >= 15 is 0 Å². The first kappa shape index (κ1) is 29.6. The van der Waals surface area contributed by atoms with Crippen molar-refractivity contribution in [2.45, 2.75) is 31.9 Å². The number of carbonyl (C=O) groups excluding carboxylic acids is 1. The monoisotopic (exact) mass is 668 g/mol. The van der Waals surface area contributed by atoms with Crippen molar-refractivity contribution in [1.29, 1.82) is 0 Å². The number of nitrogens with zero attached hydrogens (tertiary/aromatic N) is 6. The Morgan fingerprint density at radius 2 is 1.98 bits per heavy atom. The Morgan fingerprint density at radius 1 is 1.16 bits per heavy atom. The van der Waals surface area contributed by atoms with E-state index in [2.05, 4.69) is 10.1 Å². The molecular weight excluding hydrogens is 643 g/mol. The molecule has 15 heteroatoms. The van der Waals surface area contributed by atoms with Crippen LogP contribution in [0.1, 0.15) is 34.4 Å². The van der Waals surface area contributed by atoms with Crippen molar-refractivity contribution in [3.63, 3.8) is 0 Å². The smallest absolute Gasteiger partial charge is 0.298 e. The Kier molecular flexibility index (Phi) is 7.71. The standard InChI is InChI=1S/C30H26F2N6O4S3/c1-30(31,32)28-36-38-12-22(35-29(38)45-28)26-34-21-10-20(40-3)11-23(24(21)44-26)42-13-18-15-43-25(33-18)16-4-6-17(7-5-16)27(39)37(2)19-8-9-41-14-19/h4-7,10-12,15,19H,8-9,13-14H2,1-3H3. The summed E-state index contributed by atoms with van der Waals surface area (Å²) >= 11 is 3.72. The maximum Gasteiger partial charge on any atom is 0.298 e. The van der Waals surface area contributed by atoms with Crippen molar-refractivity contribution >= 4 is 55.1 Å². The molecule has 0 N–H and O–H groups in total. The number of carbonyl (C=O) groups is 1. The molecule has 232 valence electrons. The highest BCUT2D eigenvalue weighted by atomic mass is 32.1. The van der Waals surface area contributed by atoms with Gasteiger partial charge in [-0.15, -0.1) is 22.7 Å². The summed E-state index contributed by atoms with van der Waals surface area (Å²) in [6, 6.07) is 11.2. The number of rotatable bonds is 9. The van der Waals surface area contributed by atoms with Gasteiger partial charge in [0.1, 0.15) is 33.8 Å². The number of thiazole rings is 2. The molecule has 1 atom stereocenters. The van der Waals surface area contributed by atoms with Gasteiger partial charge in [-0.05, 0) is 18.6 Å². The summed E-state index contributed by atoms with van der Waals surface area (Å²) in [6.07, 6.45) is 2.45. The summed E-state index contributed by atoms with van der Waals surface area (Å²) in [4.78, 5) is 29.0. The van der Waals surface area contributed by atoms with Crippen LogP contribution in [-0.2, 0) is 17.3 Å². The number of likely N-dealkylation sites (N-methyl/N-ethyl adjacent to an activating group) is 1. The fourth-order valence-electron chi connectivity index (χ4n) is 4.90. The van der Waals surface area contributed by atoms with Crippen LogP contribution in [0.5, 0.6) is 11.5 Å². The molecule has 5 heterocycles. The van der Waals surface area contributed by atoms with Gasteiger partial charge >= 0.3 is 0 Å². The zero-order valence-corrected chi connectivity index (χ0v) is 26.8. The van der Waals surface area contributed by atoms with Gasteiger partial charge in [0.05, 0.1) is 41.9 Å². The molecule has 1 amide bonds. The van der Waals surface area contributed by atoms with E-state index in [-0.39, 0.29) is 23.6 Å². The summed E-state index contributed by atoms with van der Waals surface area (Å²) in [5.41, 5.74) is 3.48. The minimum atomic E-state index is -3.03. The van der Waals surface area contributed by atoms with Crippen LogP contribution in [0.15, 0.2) is 48.0 Å². The van der Waals surface area contributed by atoms with E-state index in [9.17, 15) is 13.6 Å². The Balaban J connectivity index is 1.07. The maximum absolute atomic E-state index is 13.7. The highest BCUT2D eigenvalue weighted by molar-refractivity contribution is 7.22. The van der Waals surface area contributed by atoms with Gasteiger partial charge in [0, 0.05) is 49.2 Å². The first-order chi connectivity index (χ1) is 21.7. The van der Waals surface area contributed by atoms with Gasteiger partial charge < -0.3 is 19.1 Å². The largest absolute Gasteiger partial charge is 0.497 e. The highest BCUT2D eigenvalue weighted by Crippen LogP contribution is 2.40. The van der Waals surface area contributed by atoms with E-state index in [1.54, 1.807) is 24.3 Å². The summed E-state index contributed by atoms with van der Waals surface area (Å²) in [7, 11) is 3.39. The van der Waals surface area contributed by atoms with Crippen LogP contribution < -0.4 is 9.47 Å². The van der Waals surface area contributed by atoms with Gasteiger partial charge in [-0.1, -0.05) is 23.5 Å². The van der Waals surface area contributed by atoms with Crippen LogP contribution >= 0.6 is 34.0 Å². The van der Waals surface area contributed by atoms with Gasteiger partial charge in [-0.3, -0.25) is 4.79 Å². The zero-order valence-electron chi connectivity index (χ0n) is 24.3. The van der Waals surface area contributed by atoms with Crippen molar-refractivity contribution in [2.24, 2.45) is 0 Å². The number of imidazole rings is 1. The Bertz CT molecular complexity index is 1980. The molecule has 6 aromatic rings. The number of methoxy groups -OCH3 is 1. The second-order valence-electron chi connectivity index (χ2n) is 10.6. The number of hydrogen-bond acceptors (Lipinski definition) is 11. The number of fused-ring (bicyclic) bond motifs is 2. The molecule has 4 aromatic heterocycles. The van der Waals surface area contributed by atoms with Gasteiger partial charge in [0.2, 0.25) is 4.96 Å². The molecule has 1 unspecified atom stereocenters. The van der Waals surface area contributed by atoms with Crippen molar-refractivity contribution in [1.82, 2.24) is 29.5 Å². The number of halogens is 2. The fraction of sp³-hybridized carbons (Fsp3) is 0.300. The molecule has 0 radical (unpaired) electrons. The molecule has 7 rings (SSSR count). The predicted octanol–water partition coefficient (Wildman–Crippen LogP) is 6.75. The number of aromatic nitrogens is 5. The summed E-state index contributed by atoms with van der Waals surface area (Å²) in [6.45, 7) is 2.29. The van der Waals surface area contributed by atoms with Crippen LogP contribution in [0.4, 0.5) is 8.78 Å². The Labute approximate surface area is 267 Å². The van der Waals surface area contributed by atoms with E-state index in [1.807, 2.05) is 42.8 Å². The van der Waals surface area contributed by atoms with Crippen LogP contribution in [0.25, 0.3) is 36.5 Å². The summed E-state index contributed by atoms with van der Waals surface area (Å²) in [5, 5.41) is 7.04. The molecule has 1 aliphatic rings. The average molecular weight is 669 g/mol. The van der Waals surface area contributed by atoms with Crippen molar-refractivity contribution < 1.29 is 27.8 Å². The molecule has 0 spiro atoms.